The zero-order chi connectivity index (χ0) is 14.9. The van der Waals surface area contributed by atoms with Gasteiger partial charge < -0.3 is 4.74 Å². The van der Waals surface area contributed by atoms with Gasteiger partial charge in [0.1, 0.15) is 0 Å². The van der Waals surface area contributed by atoms with Crippen molar-refractivity contribution in [2.24, 2.45) is 7.05 Å². The molecule has 1 aromatic heterocycles. The van der Waals surface area contributed by atoms with Crippen LogP contribution in [0, 0.1) is 11.6 Å². The van der Waals surface area contributed by atoms with Crippen LogP contribution in [0.15, 0.2) is 17.0 Å². The molecule has 0 aliphatic heterocycles. The minimum absolute atomic E-state index is 0.111. The number of aromatic nitrogens is 4. The first-order valence-electron chi connectivity index (χ1n) is 5.07. The Kier molecular flexibility index (Phi) is 3.86. The molecular weight excluding hydrogens is 318 g/mol. The summed E-state index contributed by atoms with van der Waals surface area (Å²) in [7, 11) is 2.28. The van der Waals surface area contributed by atoms with Gasteiger partial charge in [0, 0.05) is 10.7 Å². The number of halogens is 3. The summed E-state index contributed by atoms with van der Waals surface area (Å²) in [4.78, 5) is 0.452. The van der Waals surface area contributed by atoms with E-state index < -0.39 is 31.3 Å². The second kappa shape index (κ2) is 5.29. The molecule has 0 spiro atoms. The molecule has 0 atom stereocenters. The van der Waals surface area contributed by atoms with Crippen molar-refractivity contribution in [3.63, 3.8) is 0 Å². The molecule has 2 aromatic rings. The molecule has 108 valence electrons. The lowest BCUT2D eigenvalue weighted by Gasteiger charge is -2.07. The van der Waals surface area contributed by atoms with Gasteiger partial charge >= 0.3 is 0 Å². The van der Waals surface area contributed by atoms with Gasteiger partial charge in [-0.3, -0.25) is 0 Å². The van der Waals surface area contributed by atoms with Crippen LogP contribution in [0.3, 0.4) is 0 Å². The zero-order valence-electron chi connectivity index (χ0n) is 9.92. The average molecular weight is 325 g/mol. The molecule has 0 N–H and O–H groups in total. The summed E-state index contributed by atoms with van der Waals surface area (Å²) in [6.45, 7) is -0.325. The van der Waals surface area contributed by atoms with Crippen molar-refractivity contribution in [2.75, 3.05) is 0 Å². The van der Waals surface area contributed by atoms with E-state index in [0.717, 1.165) is 4.80 Å². The Labute approximate surface area is 116 Å². The first kappa shape index (κ1) is 14.6. The van der Waals surface area contributed by atoms with Crippen molar-refractivity contribution in [3.8, 4) is 5.75 Å². The molecule has 1 aromatic carbocycles. The van der Waals surface area contributed by atoms with Crippen molar-refractivity contribution in [1.29, 1.82) is 0 Å². The van der Waals surface area contributed by atoms with Crippen molar-refractivity contribution < 1.29 is 21.9 Å². The maximum absolute atomic E-state index is 13.6. The molecule has 0 radical (unpaired) electrons. The second-order valence-electron chi connectivity index (χ2n) is 3.64. The van der Waals surface area contributed by atoms with E-state index in [2.05, 4.69) is 15.4 Å². The van der Waals surface area contributed by atoms with Gasteiger partial charge in [0.25, 0.3) is 9.05 Å². The maximum Gasteiger partial charge on any atom is 0.261 e. The van der Waals surface area contributed by atoms with E-state index in [1.165, 1.54) is 7.05 Å². The molecule has 20 heavy (non-hydrogen) atoms. The highest BCUT2D eigenvalue weighted by Gasteiger charge is 2.19. The number of hydrogen-bond acceptors (Lipinski definition) is 6. The molecule has 0 aliphatic carbocycles. The molecule has 0 unspecified atom stereocenters. The third-order valence-corrected chi connectivity index (χ3v) is 3.48. The number of ether oxygens (including phenoxy) is 1. The van der Waals surface area contributed by atoms with Crippen LogP contribution < -0.4 is 4.74 Å². The van der Waals surface area contributed by atoms with Gasteiger partial charge in [-0.25, -0.2) is 17.2 Å². The van der Waals surface area contributed by atoms with Gasteiger partial charge in [-0.1, -0.05) is 0 Å². The Balaban J connectivity index is 2.25. The lowest BCUT2D eigenvalue weighted by molar-refractivity contribution is 0.264. The van der Waals surface area contributed by atoms with Crippen LogP contribution in [0.4, 0.5) is 8.78 Å². The Morgan fingerprint density at radius 3 is 2.40 bits per heavy atom. The molecule has 7 nitrogen and oxygen atoms in total. The topological polar surface area (TPSA) is 87.0 Å². The molecular formula is C9H7ClF2N4O3S. The third-order valence-electron chi connectivity index (χ3n) is 2.15. The summed E-state index contributed by atoms with van der Waals surface area (Å²) in [6, 6.07) is 1.12. The fraction of sp³-hybridized carbons (Fsp3) is 0.222. The van der Waals surface area contributed by atoms with Gasteiger partial charge in [-0.05, 0) is 17.3 Å². The van der Waals surface area contributed by atoms with Gasteiger partial charge in [0.2, 0.25) is 5.82 Å². The minimum atomic E-state index is -4.23. The normalized spacial score (nSPS) is 11.6. The molecule has 0 aliphatic rings. The Bertz CT molecular complexity index is 726. The number of hydrogen-bond donors (Lipinski definition) is 0. The largest absolute Gasteiger partial charge is 0.479 e. The molecule has 0 amide bonds. The molecule has 2 rings (SSSR count). The molecule has 11 heteroatoms. The fourth-order valence-corrected chi connectivity index (χ4v) is 2.09. The van der Waals surface area contributed by atoms with Gasteiger partial charge in [-0.15, -0.1) is 10.2 Å². The van der Waals surface area contributed by atoms with Crippen LogP contribution >= 0.6 is 10.7 Å². The van der Waals surface area contributed by atoms with Crippen LogP contribution in [-0.4, -0.2) is 28.6 Å². The summed E-state index contributed by atoms with van der Waals surface area (Å²) >= 11 is 0. The van der Waals surface area contributed by atoms with Crippen LogP contribution in [0.25, 0.3) is 0 Å². The lowest BCUT2D eigenvalue weighted by Crippen LogP contribution is -2.04. The summed E-state index contributed by atoms with van der Waals surface area (Å²) in [5.41, 5.74) is 0. The monoisotopic (exact) mass is 324 g/mol. The van der Waals surface area contributed by atoms with Gasteiger partial charge in [-0.2, -0.15) is 4.80 Å². The van der Waals surface area contributed by atoms with Crippen LogP contribution in [0.2, 0.25) is 0 Å². The molecule has 0 saturated heterocycles. The molecule has 0 fully saturated rings. The van der Waals surface area contributed by atoms with E-state index in [-0.39, 0.29) is 12.4 Å². The van der Waals surface area contributed by atoms with Crippen molar-refractivity contribution in [3.05, 3.63) is 29.6 Å². The standard InChI is InChI=1S/C9H7ClF2N4O3S/c1-16-14-8(13-15-16)4-19-9-6(11)2-5(3-7(9)12)20(10,17)18/h2-3H,4H2,1H3. The van der Waals surface area contributed by atoms with E-state index in [1.54, 1.807) is 0 Å². The summed E-state index contributed by atoms with van der Waals surface area (Å²) in [5.74, 6) is -3.04. The Morgan fingerprint density at radius 2 is 1.95 bits per heavy atom. The maximum atomic E-state index is 13.6. The van der Waals surface area contributed by atoms with Crippen molar-refractivity contribution >= 4 is 19.7 Å². The Hall–Kier alpha value is -1.81. The number of tetrazole rings is 1. The van der Waals surface area contributed by atoms with E-state index in [9.17, 15) is 17.2 Å². The first-order valence-corrected chi connectivity index (χ1v) is 7.37. The summed E-state index contributed by atoms with van der Waals surface area (Å²) in [6.07, 6.45) is 0. The van der Waals surface area contributed by atoms with Gasteiger partial charge in [0.15, 0.2) is 24.0 Å². The molecule has 0 bridgehead atoms. The van der Waals surface area contributed by atoms with E-state index in [0.29, 0.717) is 12.1 Å². The SMILES string of the molecule is Cn1nnc(COc2c(F)cc(S(=O)(=O)Cl)cc2F)n1. The first-order chi connectivity index (χ1) is 9.27. The highest BCUT2D eigenvalue weighted by molar-refractivity contribution is 8.13. The lowest BCUT2D eigenvalue weighted by atomic mass is 10.3. The van der Waals surface area contributed by atoms with Gasteiger partial charge in [0.05, 0.1) is 11.9 Å². The minimum Gasteiger partial charge on any atom is -0.479 e. The summed E-state index contributed by atoms with van der Waals surface area (Å²) < 4.78 is 54.0. The molecule has 0 saturated carbocycles. The van der Waals surface area contributed by atoms with Crippen LogP contribution in [0.5, 0.6) is 5.75 Å². The quantitative estimate of drug-likeness (QED) is 0.780. The van der Waals surface area contributed by atoms with Crippen molar-refractivity contribution in [2.45, 2.75) is 11.5 Å². The zero-order valence-corrected chi connectivity index (χ0v) is 11.5. The second-order valence-corrected chi connectivity index (χ2v) is 6.20. The number of rotatable bonds is 4. The number of aryl methyl sites for hydroxylation is 1. The number of benzene rings is 1. The predicted octanol–water partition coefficient (Wildman–Crippen LogP) is 0.995. The fourth-order valence-electron chi connectivity index (χ4n) is 1.33. The predicted molar refractivity (Wildman–Crippen MR) is 62.5 cm³/mol. The van der Waals surface area contributed by atoms with E-state index in [1.807, 2.05) is 0 Å². The average Bonchev–Trinajstić information content (AvgIpc) is 2.72. The third kappa shape index (κ3) is 3.20. The summed E-state index contributed by atoms with van der Waals surface area (Å²) in [5, 5.41) is 10.8. The smallest absolute Gasteiger partial charge is 0.261 e. The van der Waals surface area contributed by atoms with Crippen LogP contribution in [-0.2, 0) is 22.7 Å². The van der Waals surface area contributed by atoms with E-state index in [4.69, 9.17) is 15.4 Å². The highest BCUT2D eigenvalue weighted by Crippen LogP contribution is 2.27. The van der Waals surface area contributed by atoms with Crippen molar-refractivity contribution in [1.82, 2.24) is 20.2 Å². The molecule has 1 heterocycles. The number of nitrogens with zero attached hydrogens (tertiary/aromatic N) is 4. The van der Waals surface area contributed by atoms with E-state index >= 15 is 0 Å². The van der Waals surface area contributed by atoms with Crippen LogP contribution in [0.1, 0.15) is 5.82 Å². The Morgan fingerprint density at radius 1 is 1.35 bits per heavy atom. The highest BCUT2D eigenvalue weighted by atomic mass is 35.7.